The Hall–Kier alpha value is -1.56. The second-order valence-electron chi connectivity index (χ2n) is 7.03. The van der Waals surface area contributed by atoms with E-state index in [-0.39, 0.29) is 17.1 Å². The van der Waals surface area contributed by atoms with E-state index in [1.165, 1.54) is 6.07 Å². The minimum absolute atomic E-state index is 0.0385. The average molecular weight is 421 g/mol. The van der Waals surface area contributed by atoms with Crippen molar-refractivity contribution in [3.63, 3.8) is 0 Å². The van der Waals surface area contributed by atoms with Crippen molar-refractivity contribution in [2.45, 2.75) is 31.7 Å². The van der Waals surface area contributed by atoms with Crippen LogP contribution in [0.1, 0.15) is 36.3 Å². The van der Waals surface area contributed by atoms with Crippen LogP contribution in [-0.2, 0) is 11.3 Å². The number of halogens is 2. The standard InChI is InChI=1S/C22H26ClFN2OS/c1-2-3-11-25(15-17-7-6-8-18(24)14-17)16-21(27)26-12-13-28-22(26)19-9-4-5-10-20(19)23/h4-10,14,22H,2-3,11-13,15-16H2,1H3/t22-/m1/s1. The molecule has 1 fully saturated rings. The molecular weight excluding hydrogens is 395 g/mol. The van der Waals surface area contributed by atoms with E-state index in [0.29, 0.717) is 18.1 Å². The zero-order valence-electron chi connectivity index (χ0n) is 16.1. The van der Waals surface area contributed by atoms with E-state index in [9.17, 15) is 9.18 Å². The van der Waals surface area contributed by atoms with Gasteiger partial charge < -0.3 is 4.90 Å². The van der Waals surface area contributed by atoms with Crippen LogP contribution >= 0.6 is 23.4 Å². The molecule has 1 saturated heterocycles. The molecule has 1 aliphatic rings. The Kier molecular flexibility index (Phi) is 7.77. The monoisotopic (exact) mass is 420 g/mol. The van der Waals surface area contributed by atoms with Crippen LogP contribution in [0.2, 0.25) is 5.02 Å². The van der Waals surface area contributed by atoms with Crippen molar-refractivity contribution in [3.8, 4) is 0 Å². The van der Waals surface area contributed by atoms with Crippen LogP contribution in [0.15, 0.2) is 48.5 Å². The Morgan fingerprint density at radius 2 is 2.11 bits per heavy atom. The Morgan fingerprint density at radius 1 is 1.29 bits per heavy atom. The first-order chi connectivity index (χ1) is 13.6. The van der Waals surface area contributed by atoms with Crippen molar-refractivity contribution in [1.82, 2.24) is 9.80 Å². The Bertz CT molecular complexity index is 804. The quantitative estimate of drug-likeness (QED) is 0.574. The highest BCUT2D eigenvalue weighted by Gasteiger charge is 2.32. The van der Waals surface area contributed by atoms with Crippen molar-refractivity contribution in [1.29, 1.82) is 0 Å². The molecule has 0 aromatic heterocycles. The molecule has 2 aromatic carbocycles. The molecule has 0 bridgehead atoms. The van der Waals surface area contributed by atoms with E-state index in [0.717, 1.165) is 42.8 Å². The summed E-state index contributed by atoms with van der Waals surface area (Å²) in [6.07, 6.45) is 2.06. The number of amides is 1. The lowest BCUT2D eigenvalue weighted by Crippen LogP contribution is -2.40. The van der Waals surface area contributed by atoms with Gasteiger partial charge in [0.1, 0.15) is 11.2 Å². The zero-order chi connectivity index (χ0) is 19.9. The molecule has 0 N–H and O–H groups in total. The fourth-order valence-corrected chi connectivity index (χ4v) is 5.05. The van der Waals surface area contributed by atoms with Gasteiger partial charge in [0.05, 0.1) is 6.54 Å². The Balaban J connectivity index is 1.70. The molecule has 6 heteroatoms. The highest BCUT2D eigenvalue weighted by atomic mass is 35.5. The van der Waals surface area contributed by atoms with Crippen LogP contribution < -0.4 is 0 Å². The fraction of sp³-hybridized carbons (Fsp3) is 0.409. The van der Waals surface area contributed by atoms with Crippen LogP contribution in [0.5, 0.6) is 0 Å². The van der Waals surface area contributed by atoms with Crippen molar-refractivity contribution in [2.75, 3.05) is 25.4 Å². The third-order valence-corrected chi connectivity index (χ3v) is 6.45. The van der Waals surface area contributed by atoms with Crippen molar-refractivity contribution >= 4 is 29.3 Å². The maximum absolute atomic E-state index is 13.5. The molecule has 0 unspecified atom stereocenters. The normalized spacial score (nSPS) is 16.7. The number of nitrogens with zero attached hydrogens (tertiary/aromatic N) is 2. The number of hydrogen-bond acceptors (Lipinski definition) is 3. The zero-order valence-corrected chi connectivity index (χ0v) is 17.7. The van der Waals surface area contributed by atoms with Crippen LogP contribution in [0, 0.1) is 5.82 Å². The first kappa shape index (κ1) is 21.2. The Labute approximate surface area is 175 Å². The van der Waals surface area contributed by atoms with Gasteiger partial charge in [-0.3, -0.25) is 9.69 Å². The first-order valence-corrected chi connectivity index (χ1v) is 11.1. The predicted molar refractivity (Wildman–Crippen MR) is 115 cm³/mol. The third kappa shape index (κ3) is 5.49. The lowest BCUT2D eigenvalue weighted by Gasteiger charge is -2.29. The van der Waals surface area contributed by atoms with E-state index in [1.54, 1.807) is 23.9 Å². The highest BCUT2D eigenvalue weighted by molar-refractivity contribution is 7.99. The van der Waals surface area contributed by atoms with Gasteiger partial charge in [-0.1, -0.05) is 55.3 Å². The van der Waals surface area contributed by atoms with Gasteiger partial charge in [-0.05, 0) is 36.7 Å². The van der Waals surface area contributed by atoms with Gasteiger partial charge in [0.25, 0.3) is 0 Å². The average Bonchev–Trinajstić information content (AvgIpc) is 3.16. The molecule has 0 radical (unpaired) electrons. The van der Waals surface area contributed by atoms with Crippen molar-refractivity contribution < 1.29 is 9.18 Å². The summed E-state index contributed by atoms with van der Waals surface area (Å²) in [5, 5.41) is 0.658. The topological polar surface area (TPSA) is 23.6 Å². The van der Waals surface area contributed by atoms with Crippen molar-refractivity contribution in [2.24, 2.45) is 0 Å². The lowest BCUT2D eigenvalue weighted by atomic mass is 10.2. The van der Waals surface area contributed by atoms with E-state index in [4.69, 9.17) is 11.6 Å². The third-order valence-electron chi connectivity index (χ3n) is 4.86. The highest BCUT2D eigenvalue weighted by Crippen LogP contribution is 2.40. The summed E-state index contributed by atoms with van der Waals surface area (Å²) in [7, 11) is 0. The second-order valence-corrected chi connectivity index (χ2v) is 8.62. The number of benzene rings is 2. The van der Waals surface area contributed by atoms with Gasteiger partial charge in [-0.2, -0.15) is 0 Å². The van der Waals surface area contributed by atoms with E-state index >= 15 is 0 Å². The second kappa shape index (κ2) is 10.3. The molecule has 1 heterocycles. The summed E-state index contributed by atoms with van der Waals surface area (Å²) in [4.78, 5) is 17.2. The molecule has 28 heavy (non-hydrogen) atoms. The van der Waals surface area contributed by atoms with Crippen LogP contribution in [0.4, 0.5) is 4.39 Å². The minimum Gasteiger partial charge on any atom is -0.325 e. The maximum atomic E-state index is 13.5. The molecule has 0 saturated carbocycles. The summed E-state index contributed by atoms with van der Waals surface area (Å²) >= 11 is 8.12. The number of thioether (sulfide) groups is 1. The number of rotatable bonds is 8. The van der Waals surface area contributed by atoms with Gasteiger partial charge in [-0.15, -0.1) is 11.8 Å². The first-order valence-electron chi connectivity index (χ1n) is 9.70. The molecule has 150 valence electrons. The summed E-state index contributed by atoms with van der Waals surface area (Å²) in [5.74, 6) is 0.761. The number of carbonyl (C=O) groups is 1. The van der Waals surface area contributed by atoms with E-state index in [1.807, 2.05) is 35.2 Å². The summed E-state index contributed by atoms with van der Waals surface area (Å²) in [6, 6.07) is 14.3. The Morgan fingerprint density at radius 3 is 2.86 bits per heavy atom. The summed E-state index contributed by atoms with van der Waals surface area (Å²) in [6.45, 7) is 4.57. The van der Waals surface area contributed by atoms with Gasteiger partial charge in [0.15, 0.2) is 0 Å². The van der Waals surface area contributed by atoms with E-state index < -0.39 is 0 Å². The van der Waals surface area contributed by atoms with Gasteiger partial charge >= 0.3 is 0 Å². The van der Waals surface area contributed by atoms with Gasteiger partial charge in [-0.25, -0.2) is 4.39 Å². The molecule has 0 aliphatic carbocycles. The van der Waals surface area contributed by atoms with E-state index in [2.05, 4.69) is 11.8 Å². The summed E-state index contributed by atoms with van der Waals surface area (Å²) in [5.41, 5.74) is 1.88. The number of carbonyl (C=O) groups excluding carboxylic acids is 1. The molecule has 1 atom stereocenters. The smallest absolute Gasteiger partial charge is 0.237 e. The van der Waals surface area contributed by atoms with Crippen LogP contribution in [0.25, 0.3) is 0 Å². The van der Waals surface area contributed by atoms with Crippen LogP contribution in [-0.4, -0.2) is 41.1 Å². The van der Waals surface area contributed by atoms with Gasteiger partial charge in [0.2, 0.25) is 5.91 Å². The number of unbranched alkanes of at least 4 members (excludes halogenated alkanes) is 1. The van der Waals surface area contributed by atoms with Crippen molar-refractivity contribution in [3.05, 3.63) is 70.5 Å². The molecule has 3 nitrogen and oxygen atoms in total. The molecule has 2 aromatic rings. The molecular formula is C22H26ClFN2OS. The minimum atomic E-state index is -0.242. The molecule has 3 rings (SSSR count). The fourth-order valence-electron chi connectivity index (χ4n) is 3.43. The maximum Gasteiger partial charge on any atom is 0.237 e. The SMILES string of the molecule is CCCCN(CC(=O)N1CCS[C@@H]1c1ccccc1Cl)Cc1cccc(F)c1. The largest absolute Gasteiger partial charge is 0.325 e. The number of hydrogen-bond donors (Lipinski definition) is 0. The molecule has 1 aliphatic heterocycles. The lowest BCUT2D eigenvalue weighted by molar-refractivity contribution is -0.132. The van der Waals surface area contributed by atoms with Gasteiger partial charge in [0, 0.05) is 29.4 Å². The molecule has 1 amide bonds. The predicted octanol–water partition coefficient (Wildman–Crippen LogP) is 5.36. The van der Waals surface area contributed by atoms with Crippen LogP contribution in [0.3, 0.4) is 0 Å². The molecule has 0 spiro atoms. The summed E-state index contributed by atoms with van der Waals surface area (Å²) < 4.78 is 13.5.